The molecule has 0 spiro atoms. The number of hydrogen-bond acceptors (Lipinski definition) is 3. The van der Waals surface area contributed by atoms with Gasteiger partial charge in [-0.15, -0.1) is 0 Å². The van der Waals surface area contributed by atoms with Gasteiger partial charge in [0.2, 0.25) is 5.78 Å². The first-order chi connectivity index (χ1) is 14.1. The summed E-state index contributed by atoms with van der Waals surface area (Å²) in [5.74, 6) is 5.35. The van der Waals surface area contributed by atoms with E-state index in [-0.39, 0.29) is 10.7 Å². The van der Waals surface area contributed by atoms with Crippen LogP contribution in [0, 0.1) is 17.7 Å². The van der Waals surface area contributed by atoms with Gasteiger partial charge in [0, 0.05) is 29.9 Å². The lowest BCUT2D eigenvalue weighted by Crippen LogP contribution is -2.22. The van der Waals surface area contributed by atoms with Crippen molar-refractivity contribution < 1.29 is 13.4 Å². The highest BCUT2D eigenvalue weighted by Gasteiger charge is 2.27. The molecule has 29 heavy (non-hydrogen) atoms. The van der Waals surface area contributed by atoms with Gasteiger partial charge in [0.25, 0.3) is 0 Å². The third-order valence-electron chi connectivity index (χ3n) is 4.31. The van der Waals surface area contributed by atoms with Crippen molar-refractivity contribution in [3.05, 3.63) is 100.0 Å². The maximum absolute atomic E-state index is 13.4. The van der Waals surface area contributed by atoms with Crippen molar-refractivity contribution in [1.29, 1.82) is 0 Å². The molecule has 0 saturated heterocycles. The van der Waals surface area contributed by atoms with E-state index in [2.05, 4.69) is 21.5 Å². The lowest BCUT2D eigenvalue weighted by molar-refractivity contribution is 0.104. The summed E-state index contributed by atoms with van der Waals surface area (Å²) in [6.45, 7) is 0. The van der Waals surface area contributed by atoms with Crippen LogP contribution in [-0.4, -0.2) is 15.0 Å². The number of aromatic nitrogens is 1. The molecule has 142 valence electrons. The van der Waals surface area contributed by atoms with Crippen molar-refractivity contribution in [2.45, 2.75) is 6.42 Å². The van der Waals surface area contributed by atoms with E-state index in [0.717, 1.165) is 5.56 Å². The normalized spacial score (nSPS) is 16.5. The van der Waals surface area contributed by atoms with Crippen molar-refractivity contribution >= 4 is 28.5 Å². The number of pyridine rings is 1. The number of carbonyl (C=O) groups is 1. The number of hydrogen-bond donors (Lipinski definition) is 1. The van der Waals surface area contributed by atoms with E-state index < -0.39 is 16.8 Å². The summed E-state index contributed by atoms with van der Waals surface area (Å²) in [4.78, 5) is 17.0. The van der Waals surface area contributed by atoms with Gasteiger partial charge in [0.1, 0.15) is 10.7 Å². The zero-order valence-corrected chi connectivity index (χ0v) is 16.0. The second-order valence-corrected chi connectivity index (χ2v) is 7.54. The lowest BCUT2D eigenvalue weighted by atomic mass is 10.0. The Balaban J connectivity index is 1.62. The van der Waals surface area contributed by atoms with Crippen molar-refractivity contribution in [3.63, 3.8) is 0 Å². The van der Waals surface area contributed by atoms with Crippen LogP contribution in [0.2, 0.25) is 0 Å². The summed E-state index contributed by atoms with van der Waals surface area (Å²) in [7, 11) is -1.72. The van der Waals surface area contributed by atoms with Crippen LogP contribution in [0.1, 0.15) is 27.0 Å². The van der Waals surface area contributed by atoms with Gasteiger partial charge in [-0.05, 0) is 59.7 Å². The number of Topliss-reactive ketones (excluding diaryl/α,β-unsaturated/α-hetero) is 1. The summed E-state index contributed by atoms with van der Waals surface area (Å²) in [5, 5.41) is 0. The highest BCUT2D eigenvalue weighted by Crippen LogP contribution is 2.29. The van der Waals surface area contributed by atoms with E-state index in [0.29, 0.717) is 28.8 Å². The minimum Gasteiger partial charge on any atom is -0.300 e. The Kier molecular flexibility index (Phi) is 5.32. The Morgan fingerprint density at radius 3 is 2.72 bits per heavy atom. The molecule has 0 radical (unpaired) electrons. The van der Waals surface area contributed by atoms with Crippen molar-refractivity contribution in [1.82, 2.24) is 4.98 Å². The summed E-state index contributed by atoms with van der Waals surface area (Å²) in [5.41, 5.74) is 3.09. The second-order valence-electron chi connectivity index (χ2n) is 6.36. The Morgan fingerprint density at radius 2 is 1.93 bits per heavy atom. The molecule has 6 heteroatoms. The molecular formula is C23H15FN2O2S. The average Bonchev–Trinajstić information content (AvgIpc) is 2.72. The Hall–Kier alpha value is -3.56. The molecule has 1 atom stereocenters. The molecule has 1 aromatic heterocycles. The zero-order valence-electron chi connectivity index (χ0n) is 15.2. The number of anilines is 1. The van der Waals surface area contributed by atoms with Gasteiger partial charge in [-0.1, -0.05) is 24.0 Å². The van der Waals surface area contributed by atoms with Crippen molar-refractivity contribution in [2.75, 3.05) is 4.72 Å². The fourth-order valence-corrected chi connectivity index (χ4v) is 3.90. The minimum atomic E-state index is -1.72. The van der Waals surface area contributed by atoms with E-state index in [1.165, 1.54) is 24.3 Å². The largest absolute Gasteiger partial charge is 0.300 e. The molecule has 1 N–H and O–H groups in total. The highest BCUT2D eigenvalue weighted by atomic mass is 32.2. The molecule has 1 aliphatic heterocycles. The predicted molar refractivity (Wildman–Crippen MR) is 112 cm³/mol. The Bertz CT molecular complexity index is 1210. The molecular weight excluding hydrogens is 387 g/mol. The molecule has 0 saturated carbocycles. The zero-order chi connectivity index (χ0) is 20.2. The van der Waals surface area contributed by atoms with Crippen LogP contribution < -0.4 is 4.72 Å². The summed E-state index contributed by atoms with van der Waals surface area (Å²) in [6, 6.07) is 14.7. The standard InChI is InChI=1S/C23H15FN2O2S/c24-19-6-2-5-18(13-19)15-22-23(27)20-14-17(7-8-21(20)26-29(22)28)4-1-3-16-9-11-25-12-10-16/h2,5-15,26H,3H2/b22-15+. The lowest BCUT2D eigenvalue weighted by Gasteiger charge is -2.19. The van der Waals surface area contributed by atoms with Crippen LogP contribution in [-0.2, 0) is 17.4 Å². The molecule has 4 rings (SSSR count). The van der Waals surface area contributed by atoms with Gasteiger partial charge >= 0.3 is 0 Å². The topological polar surface area (TPSA) is 59.1 Å². The van der Waals surface area contributed by atoms with Crippen LogP contribution in [0.25, 0.3) is 6.08 Å². The van der Waals surface area contributed by atoms with Gasteiger partial charge in [-0.3, -0.25) is 9.78 Å². The number of carbonyl (C=O) groups excluding carboxylic acids is 1. The summed E-state index contributed by atoms with van der Waals surface area (Å²) >= 11 is 0. The molecule has 2 aromatic carbocycles. The van der Waals surface area contributed by atoms with Gasteiger partial charge in [0.05, 0.1) is 5.69 Å². The van der Waals surface area contributed by atoms with E-state index >= 15 is 0 Å². The number of allylic oxidation sites excluding steroid dienone is 1. The molecule has 0 bridgehead atoms. The van der Waals surface area contributed by atoms with E-state index in [4.69, 9.17) is 0 Å². The van der Waals surface area contributed by atoms with E-state index in [1.54, 1.807) is 36.7 Å². The van der Waals surface area contributed by atoms with E-state index in [1.807, 2.05) is 12.1 Å². The van der Waals surface area contributed by atoms with Crippen LogP contribution >= 0.6 is 0 Å². The number of benzene rings is 2. The molecule has 0 amide bonds. The smallest absolute Gasteiger partial charge is 0.205 e. The van der Waals surface area contributed by atoms with Gasteiger partial charge < -0.3 is 4.72 Å². The number of nitrogens with zero attached hydrogens (tertiary/aromatic N) is 1. The van der Waals surface area contributed by atoms with Crippen LogP contribution in [0.3, 0.4) is 0 Å². The quantitative estimate of drug-likeness (QED) is 0.518. The van der Waals surface area contributed by atoms with Crippen LogP contribution in [0.4, 0.5) is 10.1 Å². The Labute approximate surface area is 170 Å². The van der Waals surface area contributed by atoms with Gasteiger partial charge in [0.15, 0.2) is 11.0 Å². The van der Waals surface area contributed by atoms with Crippen molar-refractivity contribution in [2.24, 2.45) is 0 Å². The molecule has 1 unspecified atom stereocenters. The maximum atomic E-state index is 13.4. The summed E-state index contributed by atoms with van der Waals surface area (Å²) < 4.78 is 28.7. The average molecular weight is 402 g/mol. The fourth-order valence-electron chi connectivity index (χ4n) is 2.89. The molecule has 3 aromatic rings. The van der Waals surface area contributed by atoms with Crippen LogP contribution in [0.15, 0.2) is 71.9 Å². The molecule has 2 heterocycles. The molecule has 0 aliphatic carbocycles. The monoisotopic (exact) mass is 402 g/mol. The Morgan fingerprint density at radius 1 is 1.10 bits per heavy atom. The molecule has 4 nitrogen and oxygen atoms in total. The number of nitrogens with one attached hydrogen (secondary N) is 1. The molecule has 1 aliphatic rings. The summed E-state index contributed by atoms with van der Waals surface area (Å²) in [6.07, 6.45) is 5.44. The number of fused-ring (bicyclic) bond motifs is 1. The first kappa shape index (κ1) is 18.8. The van der Waals surface area contributed by atoms with E-state index in [9.17, 15) is 13.4 Å². The third kappa shape index (κ3) is 4.31. The number of halogens is 1. The van der Waals surface area contributed by atoms with Crippen molar-refractivity contribution in [3.8, 4) is 11.8 Å². The first-order valence-corrected chi connectivity index (χ1v) is 9.97. The third-order valence-corrected chi connectivity index (χ3v) is 5.42. The highest BCUT2D eigenvalue weighted by molar-refractivity contribution is 7.91. The van der Waals surface area contributed by atoms with Crippen LogP contribution in [0.5, 0.6) is 0 Å². The second kappa shape index (κ2) is 8.21. The predicted octanol–water partition coefficient (Wildman–Crippen LogP) is 4.13. The number of ketones is 1. The first-order valence-electron chi connectivity index (χ1n) is 8.82. The maximum Gasteiger partial charge on any atom is 0.205 e. The minimum absolute atomic E-state index is 0.0741. The van der Waals surface area contributed by atoms with Gasteiger partial charge in [-0.25, -0.2) is 8.60 Å². The SMILES string of the molecule is O=C1/C(=C\c2cccc(F)c2)S(=O)Nc2ccc(C#CCc3ccncc3)cc21. The number of rotatable bonds is 2. The molecule has 0 fully saturated rings. The van der Waals surface area contributed by atoms with Gasteiger partial charge in [-0.2, -0.15) is 0 Å². The fraction of sp³-hybridized carbons (Fsp3) is 0.0435.